The third-order valence-corrected chi connectivity index (χ3v) is 3.48. The van der Waals surface area contributed by atoms with Crippen LogP contribution in [0.3, 0.4) is 0 Å². The van der Waals surface area contributed by atoms with Gasteiger partial charge in [0.1, 0.15) is 5.52 Å². The molecule has 22 heavy (non-hydrogen) atoms. The van der Waals surface area contributed by atoms with Crippen molar-refractivity contribution < 1.29 is 4.42 Å². The lowest BCUT2D eigenvalue weighted by Crippen LogP contribution is -1.93. The highest BCUT2D eigenvalue weighted by Gasteiger charge is 2.08. The lowest BCUT2D eigenvalue weighted by molar-refractivity contribution is 0.613. The van der Waals surface area contributed by atoms with E-state index in [2.05, 4.69) is 15.0 Å². The maximum atomic E-state index is 5.29. The Morgan fingerprint density at radius 3 is 2.64 bits per heavy atom. The van der Waals surface area contributed by atoms with Crippen LogP contribution in [0, 0.1) is 6.92 Å². The number of pyridine rings is 1. The van der Waals surface area contributed by atoms with Crippen molar-refractivity contribution in [3.63, 3.8) is 0 Å². The molecule has 0 aliphatic rings. The molecular formula is C18H13N3O. The van der Waals surface area contributed by atoms with Gasteiger partial charge in [-0.25, -0.2) is 9.97 Å². The Balaban J connectivity index is 1.86. The fraction of sp³-hybridized carbons (Fsp3) is 0.0556. The molecule has 0 aliphatic heterocycles. The summed E-state index contributed by atoms with van der Waals surface area (Å²) in [5.41, 5.74) is 5.39. The molecule has 0 saturated carbocycles. The van der Waals surface area contributed by atoms with E-state index in [-0.39, 0.29) is 0 Å². The van der Waals surface area contributed by atoms with Gasteiger partial charge in [-0.15, -0.1) is 0 Å². The molecule has 0 N–H and O–H groups in total. The number of benzene rings is 1. The van der Waals surface area contributed by atoms with Crippen LogP contribution in [0.25, 0.3) is 33.7 Å². The van der Waals surface area contributed by atoms with Crippen LogP contribution in [-0.4, -0.2) is 15.0 Å². The maximum absolute atomic E-state index is 5.29. The van der Waals surface area contributed by atoms with Crippen molar-refractivity contribution in [2.75, 3.05) is 0 Å². The van der Waals surface area contributed by atoms with Crippen LogP contribution in [0.15, 0.2) is 65.4 Å². The second-order valence-corrected chi connectivity index (χ2v) is 5.11. The minimum atomic E-state index is 0.677. The molecule has 3 aromatic heterocycles. The highest BCUT2D eigenvalue weighted by Crippen LogP contribution is 2.25. The molecule has 0 spiro atoms. The van der Waals surface area contributed by atoms with E-state index < -0.39 is 0 Å². The van der Waals surface area contributed by atoms with Gasteiger partial charge in [0, 0.05) is 22.9 Å². The van der Waals surface area contributed by atoms with Gasteiger partial charge in [0.2, 0.25) is 0 Å². The molecule has 3 heterocycles. The second kappa shape index (κ2) is 5.07. The first kappa shape index (κ1) is 12.7. The molecule has 4 aromatic rings. The van der Waals surface area contributed by atoms with Crippen LogP contribution >= 0.6 is 0 Å². The first-order valence-corrected chi connectivity index (χ1v) is 7.04. The summed E-state index contributed by atoms with van der Waals surface area (Å²) in [7, 11) is 0. The van der Waals surface area contributed by atoms with Crippen molar-refractivity contribution in [1.82, 2.24) is 15.0 Å². The van der Waals surface area contributed by atoms with Gasteiger partial charge in [0.25, 0.3) is 0 Å². The fourth-order valence-corrected chi connectivity index (χ4v) is 2.46. The molecule has 106 valence electrons. The van der Waals surface area contributed by atoms with Gasteiger partial charge >= 0.3 is 0 Å². The Bertz CT molecular complexity index is 945. The zero-order chi connectivity index (χ0) is 14.9. The van der Waals surface area contributed by atoms with Crippen molar-refractivity contribution in [3.8, 4) is 22.6 Å². The lowest BCUT2D eigenvalue weighted by atomic mass is 10.1. The van der Waals surface area contributed by atoms with E-state index in [0.29, 0.717) is 11.4 Å². The third-order valence-electron chi connectivity index (χ3n) is 3.48. The maximum Gasteiger partial charge on any atom is 0.170 e. The van der Waals surface area contributed by atoms with Gasteiger partial charge in [0.05, 0.1) is 18.2 Å². The van der Waals surface area contributed by atoms with E-state index in [1.165, 1.54) is 0 Å². The molecule has 1 aromatic carbocycles. The summed E-state index contributed by atoms with van der Waals surface area (Å²) in [6, 6.07) is 16.0. The zero-order valence-electron chi connectivity index (χ0n) is 12.0. The highest BCUT2D eigenvalue weighted by molar-refractivity contribution is 5.75. The van der Waals surface area contributed by atoms with E-state index in [4.69, 9.17) is 4.42 Å². The summed E-state index contributed by atoms with van der Waals surface area (Å²) < 4.78 is 5.29. The molecule has 0 atom stereocenters. The Kier molecular flexibility index (Phi) is 2.93. The highest BCUT2D eigenvalue weighted by atomic mass is 16.3. The average molecular weight is 287 g/mol. The van der Waals surface area contributed by atoms with E-state index in [1.54, 1.807) is 12.5 Å². The fourth-order valence-electron chi connectivity index (χ4n) is 2.46. The van der Waals surface area contributed by atoms with E-state index >= 15 is 0 Å². The molecule has 4 heteroatoms. The molecule has 0 aliphatic carbocycles. The van der Waals surface area contributed by atoms with Crippen molar-refractivity contribution in [1.29, 1.82) is 0 Å². The first-order valence-electron chi connectivity index (χ1n) is 7.04. The van der Waals surface area contributed by atoms with E-state index in [0.717, 1.165) is 28.0 Å². The smallest absolute Gasteiger partial charge is 0.170 e. The first-order chi connectivity index (χ1) is 10.8. The lowest BCUT2D eigenvalue weighted by Gasteiger charge is -2.06. The number of hydrogen-bond donors (Lipinski definition) is 0. The van der Waals surface area contributed by atoms with Crippen LogP contribution in [0.4, 0.5) is 0 Å². The predicted molar refractivity (Wildman–Crippen MR) is 85.2 cm³/mol. The van der Waals surface area contributed by atoms with Gasteiger partial charge in [0.15, 0.2) is 11.4 Å². The summed E-state index contributed by atoms with van der Waals surface area (Å²) in [4.78, 5) is 13.5. The Hall–Kier alpha value is -3.01. The van der Waals surface area contributed by atoms with Crippen molar-refractivity contribution >= 4 is 11.1 Å². The average Bonchev–Trinajstić information content (AvgIpc) is 3.02. The molecule has 0 fully saturated rings. The standard InChI is InChI=1S/C18H13N3O/c1-12-9-14(10-16(20-12)13-5-3-2-4-6-13)18-19-11-17-15(21-18)7-8-22-17/h2-11H,1H3. The monoisotopic (exact) mass is 287 g/mol. The number of furan rings is 1. The SMILES string of the molecule is Cc1cc(-c2ncc3occc3n2)cc(-c2ccccc2)n1. The Labute approximate surface area is 127 Å². The summed E-state index contributed by atoms with van der Waals surface area (Å²) >= 11 is 0. The number of aromatic nitrogens is 3. The Morgan fingerprint density at radius 1 is 0.909 bits per heavy atom. The second-order valence-electron chi connectivity index (χ2n) is 5.11. The largest absolute Gasteiger partial charge is 0.461 e. The van der Waals surface area contributed by atoms with Gasteiger partial charge in [-0.05, 0) is 19.1 Å². The third kappa shape index (κ3) is 2.24. The van der Waals surface area contributed by atoms with Gasteiger partial charge in [-0.3, -0.25) is 4.98 Å². The van der Waals surface area contributed by atoms with Gasteiger partial charge in [-0.2, -0.15) is 0 Å². The van der Waals surface area contributed by atoms with Gasteiger partial charge in [-0.1, -0.05) is 30.3 Å². The van der Waals surface area contributed by atoms with Crippen LogP contribution in [0.2, 0.25) is 0 Å². The number of nitrogens with zero attached hydrogens (tertiary/aromatic N) is 3. The van der Waals surface area contributed by atoms with Crippen LogP contribution in [0.1, 0.15) is 5.69 Å². The summed E-state index contributed by atoms with van der Waals surface area (Å²) in [5.74, 6) is 0.677. The van der Waals surface area contributed by atoms with Crippen molar-refractivity contribution in [2.24, 2.45) is 0 Å². The van der Waals surface area contributed by atoms with E-state index in [9.17, 15) is 0 Å². The minimum Gasteiger partial charge on any atom is -0.461 e. The number of fused-ring (bicyclic) bond motifs is 1. The van der Waals surface area contributed by atoms with Crippen molar-refractivity contribution in [2.45, 2.75) is 6.92 Å². The molecule has 0 radical (unpaired) electrons. The molecule has 0 unspecified atom stereocenters. The summed E-state index contributed by atoms with van der Waals surface area (Å²) in [6.07, 6.45) is 3.33. The molecule has 0 amide bonds. The number of aryl methyl sites for hydroxylation is 1. The molecule has 4 rings (SSSR count). The normalized spacial score (nSPS) is 11.0. The quantitative estimate of drug-likeness (QED) is 0.552. The topological polar surface area (TPSA) is 51.8 Å². The zero-order valence-corrected chi connectivity index (χ0v) is 12.0. The van der Waals surface area contributed by atoms with Crippen LogP contribution in [-0.2, 0) is 0 Å². The molecule has 4 nitrogen and oxygen atoms in total. The van der Waals surface area contributed by atoms with Gasteiger partial charge < -0.3 is 4.42 Å². The minimum absolute atomic E-state index is 0.677. The van der Waals surface area contributed by atoms with Crippen molar-refractivity contribution in [3.05, 3.63) is 66.7 Å². The number of rotatable bonds is 2. The molecule has 0 bridgehead atoms. The summed E-state index contributed by atoms with van der Waals surface area (Å²) in [5, 5.41) is 0. The predicted octanol–water partition coefficient (Wildman–Crippen LogP) is 4.26. The number of hydrogen-bond acceptors (Lipinski definition) is 4. The Morgan fingerprint density at radius 2 is 1.77 bits per heavy atom. The van der Waals surface area contributed by atoms with Crippen LogP contribution < -0.4 is 0 Å². The van der Waals surface area contributed by atoms with Crippen LogP contribution in [0.5, 0.6) is 0 Å². The molecular weight excluding hydrogens is 274 g/mol. The summed E-state index contributed by atoms with van der Waals surface area (Å²) in [6.45, 7) is 1.98. The molecule has 0 saturated heterocycles. The van der Waals surface area contributed by atoms with E-state index in [1.807, 2.05) is 55.5 Å².